The molecule has 3 fully saturated rings. The van der Waals surface area contributed by atoms with Crippen LogP contribution < -0.4 is 0 Å². The van der Waals surface area contributed by atoms with Crippen LogP contribution in [0.4, 0.5) is 0 Å². The number of hydrogen-bond acceptors (Lipinski definition) is 4. The van der Waals surface area contributed by atoms with Crippen molar-refractivity contribution < 1.29 is 19.4 Å². The smallest absolute Gasteiger partial charge is 0.336 e. The molecule has 4 heteroatoms. The predicted molar refractivity (Wildman–Crippen MR) is 95.8 cm³/mol. The minimum atomic E-state index is -0.818. The van der Waals surface area contributed by atoms with Crippen LogP contribution in [0.5, 0.6) is 0 Å². The van der Waals surface area contributed by atoms with Gasteiger partial charge in [-0.3, -0.25) is 4.79 Å². The number of fused-ring (bicyclic) bond motifs is 1. The fraction of sp³-hybridized carbons (Fsp3) is 0.714. The number of cyclic esters (lactones) is 1. The second kappa shape index (κ2) is 6.39. The molecule has 0 amide bonds. The van der Waals surface area contributed by atoms with Crippen LogP contribution in [-0.4, -0.2) is 29.6 Å². The van der Waals surface area contributed by atoms with Gasteiger partial charge in [0.2, 0.25) is 0 Å². The summed E-state index contributed by atoms with van der Waals surface area (Å²) in [5.74, 6) is 0.573. The summed E-state index contributed by atoms with van der Waals surface area (Å²) >= 11 is 0. The van der Waals surface area contributed by atoms with E-state index < -0.39 is 12.1 Å². The highest BCUT2D eigenvalue weighted by molar-refractivity contribution is 5.91. The van der Waals surface area contributed by atoms with E-state index in [0.717, 1.165) is 25.7 Å². The van der Waals surface area contributed by atoms with E-state index in [4.69, 9.17) is 4.74 Å². The van der Waals surface area contributed by atoms with Crippen LogP contribution in [0, 0.1) is 22.7 Å². The predicted octanol–water partition coefficient (Wildman–Crippen LogP) is 3.59. The Morgan fingerprint density at radius 1 is 1.32 bits per heavy atom. The third-order valence-corrected chi connectivity index (χ3v) is 7.41. The first-order valence-corrected chi connectivity index (χ1v) is 9.50. The summed E-state index contributed by atoms with van der Waals surface area (Å²) in [6.07, 6.45) is 6.05. The van der Waals surface area contributed by atoms with Crippen LogP contribution in [0.15, 0.2) is 23.8 Å². The SMILES string of the molecule is C=C1CC[C@H]2[C@@](C)(CCC(=O)[C@@]2(C)CC)[C@@H]1C/C=C1/C(=O)OC[C@H]1O. The molecule has 5 atom stereocenters. The quantitative estimate of drug-likeness (QED) is 0.482. The number of ether oxygens (including phenoxy) is 1. The molecular weight excluding hydrogens is 316 g/mol. The average molecular weight is 346 g/mol. The van der Waals surface area contributed by atoms with Crippen molar-refractivity contribution in [1.82, 2.24) is 0 Å². The summed E-state index contributed by atoms with van der Waals surface area (Å²) in [6, 6.07) is 0. The lowest BCUT2D eigenvalue weighted by Gasteiger charge is -2.57. The van der Waals surface area contributed by atoms with Crippen molar-refractivity contribution >= 4 is 11.8 Å². The minimum Gasteiger partial charge on any atom is -0.459 e. The molecule has 4 nitrogen and oxygen atoms in total. The molecule has 0 aromatic carbocycles. The van der Waals surface area contributed by atoms with E-state index in [2.05, 4.69) is 27.4 Å². The number of aliphatic hydroxyl groups excluding tert-OH is 1. The van der Waals surface area contributed by atoms with Gasteiger partial charge in [0.1, 0.15) is 18.5 Å². The first-order valence-electron chi connectivity index (χ1n) is 9.50. The molecule has 1 N–H and O–H groups in total. The van der Waals surface area contributed by atoms with Gasteiger partial charge in [0.15, 0.2) is 0 Å². The van der Waals surface area contributed by atoms with Crippen LogP contribution in [0.25, 0.3) is 0 Å². The van der Waals surface area contributed by atoms with E-state index in [-0.39, 0.29) is 23.4 Å². The van der Waals surface area contributed by atoms with Gasteiger partial charge < -0.3 is 9.84 Å². The molecule has 3 rings (SSSR count). The van der Waals surface area contributed by atoms with Gasteiger partial charge in [-0.2, -0.15) is 0 Å². The number of carbonyl (C=O) groups excluding carboxylic acids is 2. The Labute approximate surface area is 150 Å². The van der Waals surface area contributed by atoms with E-state index in [1.54, 1.807) is 0 Å². The topological polar surface area (TPSA) is 63.6 Å². The van der Waals surface area contributed by atoms with Crippen LogP contribution in [0.3, 0.4) is 0 Å². The van der Waals surface area contributed by atoms with Gasteiger partial charge in [0, 0.05) is 11.8 Å². The fourth-order valence-electron chi connectivity index (χ4n) is 5.61. The number of hydrogen-bond donors (Lipinski definition) is 1. The zero-order valence-corrected chi connectivity index (χ0v) is 15.6. The van der Waals surface area contributed by atoms with E-state index >= 15 is 0 Å². The number of Topliss-reactive ketones (excluding diaryl/α,β-unsaturated/α-hetero) is 1. The van der Waals surface area contributed by atoms with Gasteiger partial charge in [0.05, 0.1) is 5.57 Å². The van der Waals surface area contributed by atoms with Crippen LogP contribution >= 0.6 is 0 Å². The number of aliphatic hydroxyl groups is 1. The third kappa shape index (κ3) is 2.79. The van der Waals surface area contributed by atoms with Gasteiger partial charge >= 0.3 is 5.97 Å². The molecule has 0 unspecified atom stereocenters. The monoisotopic (exact) mass is 346 g/mol. The van der Waals surface area contributed by atoms with Crippen LogP contribution in [0.1, 0.15) is 59.3 Å². The number of allylic oxidation sites excluding steroid dienone is 2. The number of carbonyl (C=O) groups is 2. The lowest BCUT2D eigenvalue weighted by molar-refractivity contribution is -0.147. The average Bonchev–Trinajstić information content (AvgIpc) is 2.89. The minimum absolute atomic E-state index is 0.0124. The molecule has 1 heterocycles. The Kier molecular flexibility index (Phi) is 4.69. The molecule has 0 aromatic heterocycles. The Morgan fingerprint density at radius 2 is 2.04 bits per heavy atom. The molecule has 0 spiro atoms. The Bertz CT molecular complexity index is 634. The Morgan fingerprint density at radius 3 is 2.64 bits per heavy atom. The molecule has 3 aliphatic rings. The van der Waals surface area contributed by atoms with E-state index in [0.29, 0.717) is 30.1 Å². The first kappa shape index (κ1) is 18.4. The molecule has 1 aliphatic heterocycles. The molecule has 25 heavy (non-hydrogen) atoms. The maximum absolute atomic E-state index is 12.7. The highest BCUT2D eigenvalue weighted by atomic mass is 16.6. The largest absolute Gasteiger partial charge is 0.459 e. The van der Waals surface area contributed by atoms with Crippen molar-refractivity contribution in [3.05, 3.63) is 23.8 Å². The van der Waals surface area contributed by atoms with E-state index in [9.17, 15) is 14.7 Å². The molecule has 2 aliphatic carbocycles. The van der Waals surface area contributed by atoms with Gasteiger partial charge in [-0.05, 0) is 49.4 Å². The Balaban J connectivity index is 1.90. The standard InChI is InChI=1S/C21H30O4/c1-5-20(3)17-9-6-13(2)15(21(17,4)11-10-18(20)23)8-7-14-16(22)12-25-19(14)24/h7,15-17,22H,2,5-6,8-12H2,1,3-4H3/b14-7+/t15-,16-,17-,20+,21+/m1/s1. The highest BCUT2D eigenvalue weighted by Gasteiger charge is 2.56. The normalized spacial score (nSPS) is 43.3. The number of esters is 1. The number of ketones is 1. The maximum atomic E-state index is 12.7. The fourth-order valence-corrected chi connectivity index (χ4v) is 5.61. The maximum Gasteiger partial charge on any atom is 0.336 e. The van der Waals surface area contributed by atoms with Gasteiger partial charge in [-0.15, -0.1) is 0 Å². The van der Waals surface area contributed by atoms with Crippen LogP contribution in [-0.2, 0) is 14.3 Å². The van der Waals surface area contributed by atoms with Crippen molar-refractivity contribution in [2.75, 3.05) is 6.61 Å². The van der Waals surface area contributed by atoms with Gasteiger partial charge in [-0.1, -0.05) is 39.0 Å². The summed E-state index contributed by atoms with van der Waals surface area (Å²) in [5, 5.41) is 9.93. The second-order valence-electron chi connectivity index (χ2n) is 8.51. The van der Waals surface area contributed by atoms with E-state index in [1.165, 1.54) is 5.57 Å². The van der Waals surface area contributed by atoms with E-state index in [1.807, 2.05) is 6.08 Å². The highest BCUT2D eigenvalue weighted by Crippen LogP contribution is 2.61. The van der Waals surface area contributed by atoms with Crippen molar-refractivity contribution in [3.8, 4) is 0 Å². The summed E-state index contributed by atoms with van der Waals surface area (Å²) in [5.41, 5.74) is 1.34. The lowest BCUT2D eigenvalue weighted by atomic mass is 9.46. The second-order valence-corrected chi connectivity index (χ2v) is 8.51. The third-order valence-electron chi connectivity index (χ3n) is 7.41. The molecule has 1 saturated heterocycles. The molecule has 138 valence electrons. The Hall–Kier alpha value is -1.42. The molecular formula is C21H30O4. The zero-order valence-electron chi connectivity index (χ0n) is 15.6. The molecule has 0 radical (unpaired) electrons. The molecule has 0 aromatic rings. The van der Waals surface area contributed by atoms with Crippen molar-refractivity contribution in [2.45, 2.75) is 65.4 Å². The van der Waals surface area contributed by atoms with Crippen molar-refractivity contribution in [2.24, 2.45) is 22.7 Å². The van der Waals surface area contributed by atoms with Crippen molar-refractivity contribution in [3.63, 3.8) is 0 Å². The molecule has 0 bridgehead atoms. The summed E-state index contributed by atoms with van der Waals surface area (Å²) in [4.78, 5) is 24.4. The number of rotatable bonds is 3. The summed E-state index contributed by atoms with van der Waals surface area (Å²) in [6.45, 7) is 10.9. The zero-order chi connectivity index (χ0) is 18.4. The lowest BCUT2D eigenvalue weighted by Crippen LogP contribution is -2.54. The summed E-state index contributed by atoms with van der Waals surface area (Å²) in [7, 11) is 0. The summed E-state index contributed by atoms with van der Waals surface area (Å²) < 4.78 is 4.92. The van der Waals surface area contributed by atoms with Crippen molar-refractivity contribution in [1.29, 1.82) is 0 Å². The molecule has 2 saturated carbocycles. The first-order chi connectivity index (χ1) is 11.7. The van der Waals surface area contributed by atoms with Crippen LogP contribution in [0.2, 0.25) is 0 Å². The van der Waals surface area contributed by atoms with Gasteiger partial charge in [-0.25, -0.2) is 4.79 Å². The van der Waals surface area contributed by atoms with Gasteiger partial charge in [0.25, 0.3) is 0 Å².